The molecule has 0 saturated heterocycles. The quantitative estimate of drug-likeness (QED) is 0.899. The van der Waals surface area contributed by atoms with Crippen molar-refractivity contribution in [3.05, 3.63) is 22.6 Å². The van der Waals surface area contributed by atoms with Crippen LogP contribution in [0.4, 0.5) is 10.2 Å². The number of halogens is 2. The van der Waals surface area contributed by atoms with E-state index in [9.17, 15) is 9.50 Å². The van der Waals surface area contributed by atoms with Crippen LogP contribution in [0.2, 0.25) is 0 Å². The molecule has 3 nitrogen and oxygen atoms in total. The maximum Gasteiger partial charge on any atom is 0.166 e. The highest BCUT2D eigenvalue weighted by atomic mass is 79.9. The van der Waals surface area contributed by atoms with Gasteiger partial charge in [-0.15, -0.1) is 0 Å². The van der Waals surface area contributed by atoms with Crippen LogP contribution in [0.25, 0.3) is 0 Å². The molecule has 1 saturated carbocycles. The number of nitrogens with zero attached hydrogens (tertiary/aromatic N) is 1. The van der Waals surface area contributed by atoms with Gasteiger partial charge in [0.05, 0.1) is 5.60 Å². The standard InChI is InChI=1S/C11H14BrFN2O/c12-8-5-9(13)10(14-6-8)15-7-11(16)3-1-2-4-11/h5-6,16H,1-4,7H2,(H,14,15). The van der Waals surface area contributed by atoms with E-state index in [1.807, 2.05) is 0 Å². The molecule has 1 aromatic rings. The third-order valence-electron chi connectivity index (χ3n) is 2.93. The van der Waals surface area contributed by atoms with Gasteiger partial charge in [0.2, 0.25) is 0 Å². The number of hydrogen-bond donors (Lipinski definition) is 2. The van der Waals surface area contributed by atoms with Crippen LogP contribution >= 0.6 is 15.9 Å². The lowest BCUT2D eigenvalue weighted by atomic mass is 10.0. The Balaban J connectivity index is 1.99. The molecule has 5 heteroatoms. The first-order chi connectivity index (χ1) is 7.59. The second-order valence-electron chi connectivity index (χ2n) is 4.27. The first kappa shape index (κ1) is 11.8. The molecular weight excluding hydrogens is 275 g/mol. The Kier molecular flexibility index (Phi) is 3.44. The lowest BCUT2D eigenvalue weighted by Gasteiger charge is -2.22. The van der Waals surface area contributed by atoms with Gasteiger partial charge in [-0.2, -0.15) is 0 Å². The van der Waals surface area contributed by atoms with Gasteiger partial charge in [-0.1, -0.05) is 12.8 Å². The molecule has 88 valence electrons. The number of rotatable bonds is 3. The molecule has 16 heavy (non-hydrogen) atoms. The van der Waals surface area contributed by atoms with E-state index in [4.69, 9.17) is 0 Å². The van der Waals surface area contributed by atoms with Crippen LogP contribution in [-0.2, 0) is 0 Å². The van der Waals surface area contributed by atoms with Gasteiger partial charge in [0.25, 0.3) is 0 Å². The smallest absolute Gasteiger partial charge is 0.166 e. The third kappa shape index (κ3) is 2.71. The van der Waals surface area contributed by atoms with Crippen LogP contribution in [-0.4, -0.2) is 22.2 Å². The van der Waals surface area contributed by atoms with Gasteiger partial charge in [0.15, 0.2) is 11.6 Å². The molecule has 0 radical (unpaired) electrons. The van der Waals surface area contributed by atoms with Crippen molar-refractivity contribution in [1.82, 2.24) is 4.98 Å². The maximum absolute atomic E-state index is 13.4. The Morgan fingerprint density at radius 2 is 2.19 bits per heavy atom. The summed E-state index contributed by atoms with van der Waals surface area (Å²) >= 11 is 3.14. The monoisotopic (exact) mass is 288 g/mol. The summed E-state index contributed by atoms with van der Waals surface area (Å²) in [5, 5.41) is 12.9. The van der Waals surface area contributed by atoms with E-state index < -0.39 is 11.4 Å². The summed E-state index contributed by atoms with van der Waals surface area (Å²) in [5.41, 5.74) is -0.693. The molecular formula is C11H14BrFN2O. The predicted octanol–water partition coefficient (Wildman–Crippen LogP) is 2.70. The van der Waals surface area contributed by atoms with E-state index in [0.717, 1.165) is 25.7 Å². The molecule has 0 aliphatic heterocycles. The average molecular weight is 289 g/mol. The second-order valence-corrected chi connectivity index (χ2v) is 5.18. The molecule has 1 aliphatic rings. The normalized spacial score (nSPS) is 18.7. The number of pyridine rings is 1. The van der Waals surface area contributed by atoms with Crippen LogP contribution < -0.4 is 5.32 Å². The predicted molar refractivity (Wildman–Crippen MR) is 63.8 cm³/mol. The second kappa shape index (κ2) is 4.67. The fourth-order valence-corrected chi connectivity index (χ4v) is 2.31. The number of anilines is 1. The van der Waals surface area contributed by atoms with Gasteiger partial charge in [-0.05, 0) is 34.8 Å². The molecule has 0 amide bonds. The van der Waals surface area contributed by atoms with Crippen molar-refractivity contribution in [2.24, 2.45) is 0 Å². The van der Waals surface area contributed by atoms with Crippen molar-refractivity contribution in [3.8, 4) is 0 Å². The molecule has 0 aromatic carbocycles. The topological polar surface area (TPSA) is 45.1 Å². The van der Waals surface area contributed by atoms with E-state index in [-0.39, 0.29) is 5.82 Å². The highest BCUT2D eigenvalue weighted by Crippen LogP contribution is 2.29. The van der Waals surface area contributed by atoms with Crippen LogP contribution in [0, 0.1) is 5.82 Å². The summed E-state index contributed by atoms with van der Waals surface area (Å²) in [6.07, 6.45) is 5.16. The summed E-state index contributed by atoms with van der Waals surface area (Å²) in [6, 6.07) is 1.36. The molecule has 0 unspecified atom stereocenters. The summed E-state index contributed by atoms with van der Waals surface area (Å²) in [6.45, 7) is 0.360. The summed E-state index contributed by atoms with van der Waals surface area (Å²) in [5.74, 6) is -0.209. The van der Waals surface area contributed by atoms with E-state index >= 15 is 0 Å². The van der Waals surface area contributed by atoms with Crippen molar-refractivity contribution in [2.75, 3.05) is 11.9 Å². The van der Waals surface area contributed by atoms with Gasteiger partial charge in [-0.25, -0.2) is 9.37 Å². The Morgan fingerprint density at radius 3 is 2.81 bits per heavy atom. The van der Waals surface area contributed by atoms with Gasteiger partial charge < -0.3 is 10.4 Å². The van der Waals surface area contributed by atoms with E-state index in [1.165, 1.54) is 12.3 Å². The van der Waals surface area contributed by atoms with Crippen molar-refractivity contribution >= 4 is 21.7 Å². The first-order valence-corrected chi connectivity index (χ1v) is 6.16. The molecule has 1 fully saturated rings. The van der Waals surface area contributed by atoms with Gasteiger partial charge in [0, 0.05) is 17.2 Å². The van der Waals surface area contributed by atoms with Crippen LogP contribution in [0.1, 0.15) is 25.7 Å². The van der Waals surface area contributed by atoms with Crippen molar-refractivity contribution in [3.63, 3.8) is 0 Å². The van der Waals surface area contributed by atoms with Crippen LogP contribution in [0.3, 0.4) is 0 Å². The number of aromatic nitrogens is 1. The zero-order valence-electron chi connectivity index (χ0n) is 8.84. The molecule has 0 spiro atoms. The molecule has 1 aliphatic carbocycles. The van der Waals surface area contributed by atoms with Gasteiger partial charge in [-0.3, -0.25) is 0 Å². The Hall–Kier alpha value is -0.680. The zero-order valence-corrected chi connectivity index (χ0v) is 10.4. The Morgan fingerprint density at radius 1 is 1.50 bits per heavy atom. The first-order valence-electron chi connectivity index (χ1n) is 5.36. The SMILES string of the molecule is OC1(CNc2ncc(Br)cc2F)CCCC1. The number of aliphatic hydroxyl groups is 1. The molecule has 0 atom stereocenters. The lowest BCUT2D eigenvalue weighted by molar-refractivity contribution is 0.0613. The van der Waals surface area contributed by atoms with Crippen molar-refractivity contribution in [1.29, 1.82) is 0 Å². The van der Waals surface area contributed by atoms with Crippen LogP contribution in [0.5, 0.6) is 0 Å². The highest BCUT2D eigenvalue weighted by Gasteiger charge is 2.30. The minimum atomic E-state index is -0.693. The molecule has 1 heterocycles. The summed E-state index contributed by atoms with van der Waals surface area (Å²) < 4.78 is 14.0. The molecule has 2 rings (SSSR count). The van der Waals surface area contributed by atoms with E-state index in [0.29, 0.717) is 11.0 Å². The van der Waals surface area contributed by atoms with E-state index in [2.05, 4.69) is 26.2 Å². The number of nitrogens with one attached hydrogen (secondary N) is 1. The largest absolute Gasteiger partial charge is 0.388 e. The molecule has 1 aromatic heterocycles. The molecule has 2 N–H and O–H groups in total. The lowest BCUT2D eigenvalue weighted by Crippen LogP contribution is -2.33. The average Bonchev–Trinajstić information content (AvgIpc) is 2.64. The van der Waals surface area contributed by atoms with Crippen molar-refractivity contribution in [2.45, 2.75) is 31.3 Å². The van der Waals surface area contributed by atoms with Crippen molar-refractivity contribution < 1.29 is 9.50 Å². The minimum absolute atomic E-state index is 0.198. The fourth-order valence-electron chi connectivity index (χ4n) is 2.00. The van der Waals surface area contributed by atoms with Gasteiger partial charge in [0.1, 0.15) is 0 Å². The van der Waals surface area contributed by atoms with Gasteiger partial charge >= 0.3 is 0 Å². The summed E-state index contributed by atoms with van der Waals surface area (Å²) in [7, 11) is 0. The van der Waals surface area contributed by atoms with Crippen LogP contribution in [0.15, 0.2) is 16.7 Å². The summed E-state index contributed by atoms with van der Waals surface area (Å²) in [4.78, 5) is 3.93. The third-order valence-corrected chi connectivity index (χ3v) is 3.36. The molecule has 0 bridgehead atoms. The van der Waals surface area contributed by atoms with E-state index in [1.54, 1.807) is 0 Å². The maximum atomic E-state index is 13.4. The highest BCUT2D eigenvalue weighted by molar-refractivity contribution is 9.10. The Labute approximate surface area is 102 Å². The fraction of sp³-hybridized carbons (Fsp3) is 0.545. The minimum Gasteiger partial charge on any atom is -0.388 e. The Bertz CT molecular complexity index is 380. The zero-order chi connectivity index (χ0) is 11.6. The number of hydrogen-bond acceptors (Lipinski definition) is 3.